The fourth-order valence-electron chi connectivity index (χ4n) is 2.03. The number of hydrogen-bond acceptors (Lipinski definition) is 2. The van der Waals surface area contributed by atoms with Crippen LogP contribution in [-0.2, 0) is 0 Å². The highest BCUT2D eigenvalue weighted by molar-refractivity contribution is 7.80. The molecule has 1 nitrogen and oxygen atoms in total. The van der Waals surface area contributed by atoms with E-state index >= 15 is 0 Å². The third-order valence-corrected chi connectivity index (χ3v) is 3.50. The Balaban J connectivity index is 2.27. The zero-order chi connectivity index (χ0) is 10.2. The van der Waals surface area contributed by atoms with Crippen LogP contribution in [0.15, 0.2) is 0 Å². The Bertz CT molecular complexity index is 168. The van der Waals surface area contributed by atoms with Crippen molar-refractivity contribution in [2.24, 2.45) is 0 Å². The van der Waals surface area contributed by atoms with Gasteiger partial charge in [0.05, 0.1) is 6.10 Å². The molecule has 0 aliphatic heterocycles. The van der Waals surface area contributed by atoms with E-state index in [0.29, 0.717) is 0 Å². The van der Waals surface area contributed by atoms with Crippen LogP contribution in [0.2, 0.25) is 0 Å². The van der Waals surface area contributed by atoms with Gasteiger partial charge in [0.15, 0.2) is 0 Å². The van der Waals surface area contributed by atoms with Gasteiger partial charge in [0.2, 0.25) is 0 Å². The molecule has 0 aromatic heterocycles. The van der Waals surface area contributed by atoms with Gasteiger partial charge in [0.1, 0.15) is 0 Å². The zero-order valence-electron chi connectivity index (χ0n) is 9.00. The van der Waals surface area contributed by atoms with Gasteiger partial charge in [-0.05, 0) is 19.3 Å². The Morgan fingerprint density at radius 2 is 1.36 bits per heavy atom. The molecule has 1 unspecified atom stereocenters. The van der Waals surface area contributed by atoms with Crippen molar-refractivity contribution < 1.29 is 5.11 Å². The second kappa shape index (κ2) is 7.36. The SMILES string of the molecule is OC1CCCCCCCCCCC1=S. The lowest BCUT2D eigenvalue weighted by Crippen LogP contribution is -2.18. The molecule has 0 amide bonds. The third kappa shape index (κ3) is 5.06. The molecule has 0 aromatic rings. The first-order chi connectivity index (χ1) is 6.80. The Hall–Kier alpha value is 0.0500. The quantitative estimate of drug-likeness (QED) is 0.621. The molecule has 1 fully saturated rings. The first-order valence-electron chi connectivity index (χ1n) is 6.01. The Morgan fingerprint density at radius 1 is 0.857 bits per heavy atom. The third-order valence-electron chi connectivity index (χ3n) is 3.02. The summed E-state index contributed by atoms with van der Waals surface area (Å²) >= 11 is 5.21. The van der Waals surface area contributed by atoms with Gasteiger partial charge >= 0.3 is 0 Å². The molecule has 82 valence electrons. The highest BCUT2D eigenvalue weighted by Crippen LogP contribution is 2.15. The molecular weight excluding hydrogens is 192 g/mol. The van der Waals surface area contributed by atoms with Crippen molar-refractivity contribution in [3.05, 3.63) is 0 Å². The summed E-state index contributed by atoms with van der Waals surface area (Å²) in [4.78, 5) is 0.894. The predicted molar refractivity (Wildman–Crippen MR) is 64.8 cm³/mol. The molecule has 14 heavy (non-hydrogen) atoms. The van der Waals surface area contributed by atoms with E-state index in [9.17, 15) is 5.11 Å². The number of aliphatic hydroxyl groups excluding tert-OH is 1. The number of aliphatic hydroxyl groups is 1. The number of hydrogen-bond donors (Lipinski definition) is 1. The molecule has 0 spiro atoms. The van der Waals surface area contributed by atoms with Gasteiger partial charge in [-0.3, -0.25) is 0 Å². The summed E-state index contributed by atoms with van der Waals surface area (Å²) in [5.41, 5.74) is 0. The lowest BCUT2D eigenvalue weighted by molar-refractivity contribution is 0.225. The van der Waals surface area contributed by atoms with Crippen LogP contribution >= 0.6 is 12.2 Å². The topological polar surface area (TPSA) is 20.2 Å². The van der Waals surface area contributed by atoms with Gasteiger partial charge in [-0.1, -0.05) is 57.2 Å². The molecule has 0 bridgehead atoms. The fourth-order valence-corrected chi connectivity index (χ4v) is 2.29. The summed E-state index contributed by atoms with van der Waals surface area (Å²) < 4.78 is 0. The van der Waals surface area contributed by atoms with Crippen molar-refractivity contribution in [3.8, 4) is 0 Å². The maximum absolute atomic E-state index is 9.72. The monoisotopic (exact) mass is 214 g/mol. The summed E-state index contributed by atoms with van der Waals surface area (Å²) in [7, 11) is 0. The minimum atomic E-state index is -0.301. The summed E-state index contributed by atoms with van der Waals surface area (Å²) in [5, 5.41) is 9.72. The standard InChI is InChI=1S/C12H22OS/c13-11-9-7-5-3-1-2-4-6-8-10-12(11)14/h11,13H,1-10H2. The minimum absolute atomic E-state index is 0.301. The van der Waals surface area contributed by atoms with Gasteiger partial charge in [-0.15, -0.1) is 0 Å². The van der Waals surface area contributed by atoms with Gasteiger partial charge in [0.25, 0.3) is 0 Å². The predicted octanol–water partition coefficient (Wildman–Crippen LogP) is 3.63. The van der Waals surface area contributed by atoms with Crippen molar-refractivity contribution in [2.75, 3.05) is 0 Å². The molecule has 0 radical (unpaired) electrons. The summed E-state index contributed by atoms with van der Waals surface area (Å²) in [6, 6.07) is 0. The van der Waals surface area contributed by atoms with E-state index in [1.807, 2.05) is 0 Å². The molecular formula is C12H22OS. The van der Waals surface area contributed by atoms with Crippen LogP contribution in [0.4, 0.5) is 0 Å². The number of rotatable bonds is 0. The summed E-state index contributed by atoms with van der Waals surface area (Å²) in [6.07, 6.45) is 11.8. The van der Waals surface area contributed by atoms with Crippen molar-refractivity contribution >= 4 is 17.1 Å². The smallest absolute Gasteiger partial charge is 0.0852 e. The average Bonchev–Trinajstić information content (AvgIpc) is 2.18. The molecule has 1 rings (SSSR count). The van der Waals surface area contributed by atoms with E-state index in [0.717, 1.165) is 24.1 Å². The highest BCUT2D eigenvalue weighted by atomic mass is 32.1. The van der Waals surface area contributed by atoms with Crippen LogP contribution < -0.4 is 0 Å². The van der Waals surface area contributed by atoms with Crippen LogP contribution in [0.25, 0.3) is 0 Å². The van der Waals surface area contributed by atoms with Crippen LogP contribution in [0.5, 0.6) is 0 Å². The van der Waals surface area contributed by atoms with Crippen LogP contribution in [0.1, 0.15) is 64.2 Å². The average molecular weight is 214 g/mol. The molecule has 0 aromatic carbocycles. The Labute approximate surface area is 92.9 Å². The van der Waals surface area contributed by atoms with Crippen LogP contribution in [-0.4, -0.2) is 16.1 Å². The molecule has 0 saturated heterocycles. The molecule has 1 saturated carbocycles. The normalized spacial score (nSPS) is 27.8. The van der Waals surface area contributed by atoms with Crippen LogP contribution in [0.3, 0.4) is 0 Å². The Morgan fingerprint density at radius 3 is 2.00 bits per heavy atom. The molecule has 1 aliphatic rings. The zero-order valence-corrected chi connectivity index (χ0v) is 9.82. The molecule has 1 N–H and O–H groups in total. The van der Waals surface area contributed by atoms with E-state index in [2.05, 4.69) is 0 Å². The first kappa shape index (κ1) is 12.1. The highest BCUT2D eigenvalue weighted by Gasteiger charge is 2.10. The van der Waals surface area contributed by atoms with E-state index < -0.39 is 0 Å². The first-order valence-corrected chi connectivity index (χ1v) is 6.42. The second-order valence-electron chi connectivity index (χ2n) is 4.35. The Kier molecular flexibility index (Phi) is 6.37. The van der Waals surface area contributed by atoms with E-state index in [1.54, 1.807) is 0 Å². The molecule has 2 heteroatoms. The lowest BCUT2D eigenvalue weighted by Gasteiger charge is -2.13. The maximum Gasteiger partial charge on any atom is 0.0852 e. The number of thiocarbonyl (C=S) groups is 1. The van der Waals surface area contributed by atoms with E-state index in [-0.39, 0.29) is 6.10 Å². The van der Waals surface area contributed by atoms with Crippen molar-refractivity contribution in [2.45, 2.75) is 70.3 Å². The van der Waals surface area contributed by atoms with E-state index in [4.69, 9.17) is 12.2 Å². The van der Waals surface area contributed by atoms with Gasteiger partial charge in [0, 0.05) is 4.86 Å². The largest absolute Gasteiger partial charge is 0.388 e. The molecule has 1 atom stereocenters. The molecule has 1 aliphatic carbocycles. The van der Waals surface area contributed by atoms with Gasteiger partial charge < -0.3 is 5.11 Å². The molecule has 0 heterocycles. The summed E-state index contributed by atoms with van der Waals surface area (Å²) in [6.45, 7) is 0. The van der Waals surface area contributed by atoms with Crippen molar-refractivity contribution in [1.82, 2.24) is 0 Å². The van der Waals surface area contributed by atoms with E-state index in [1.165, 1.54) is 44.9 Å². The fraction of sp³-hybridized carbons (Fsp3) is 0.917. The van der Waals surface area contributed by atoms with Gasteiger partial charge in [-0.25, -0.2) is 0 Å². The lowest BCUT2D eigenvalue weighted by atomic mass is 9.99. The minimum Gasteiger partial charge on any atom is -0.388 e. The maximum atomic E-state index is 9.72. The van der Waals surface area contributed by atoms with Crippen molar-refractivity contribution in [3.63, 3.8) is 0 Å². The van der Waals surface area contributed by atoms with Crippen molar-refractivity contribution in [1.29, 1.82) is 0 Å². The summed E-state index contributed by atoms with van der Waals surface area (Å²) in [5.74, 6) is 0. The van der Waals surface area contributed by atoms with Crippen LogP contribution in [0, 0.1) is 0 Å². The second-order valence-corrected chi connectivity index (χ2v) is 4.87. The van der Waals surface area contributed by atoms with Gasteiger partial charge in [-0.2, -0.15) is 0 Å².